The number of hydrogen-bond donors (Lipinski definition) is 1. The number of nitrogens with zero attached hydrogens (tertiary/aromatic N) is 3. The lowest BCUT2D eigenvalue weighted by molar-refractivity contribution is -0.116. The first kappa shape index (κ1) is 19.0. The van der Waals surface area contributed by atoms with Crippen molar-refractivity contribution in [2.24, 2.45) is 0 Å². The van der Waals surface area contributed by atoms with Gasteiger partial charge in [-0.1, -0.05) is 0 Å². The summed E-state index contributed by atoms with van der Waals surface area (Å²) in [6, 6.07) is 6.78. The summed E-state index contributed by atoms with van der Waals surface area (Å²) in [6.07, 6.45) is 0. The molecule has 1 aromatic carbocycles. The van der Waals surface area contributed by atoms with Crippen LogP contribution in [0.4, 0.5) is 16.0 Å². The average molecular weight is 376 g/mol. The van der Waals surface area contributed by atoms with Crippen molar-refractivity contribution in [2.75, 3.05) is 43.6 Å². The molecule has 144 valence electrons. The second kappa shape index (κ2) is 8.74. The number of anilines is 2. The Morgan fingerprint density at radius 2 is 2.00 bits per heavy atom. The Balaban J connectivity index is 1.84. The van der Waals surface area contributed by atoms with Crippen LogP contribution in [-0.4, -0.2) is 48.9 Å². The van der Waals surface area contributed by atoms with Crippen molar-refractivity contribution in [2.45, 2.75) is 13.2 Å². The Hall–Kier alpha value is -2.78. The summed E-state index contributed by atoms with van der Waals surface area (Å²) in [5, 5.41) is 2.65. The smallest absolute Gasteiger partial charge is 0.255 e. The molecule has 1 N–H and O–H groups in total. The number of carbonyl (C=O) groups excluding carboxylic acids is 1. The van der Waals surface area contributed by atoms with Gasteiger partial charge in [0, 0.05) is 32.0 Å². The minimum atomic E-state index is -0.403. The molecule has 0 aliphatic carbocycles. The van der Waals surface area contributed by atoms with Gasteiger partial charge in [-0.05, 0) is 24.3 Å². The van der Waals surface area contributed by atoms with Crippen LogP contribution in [0.25, 0.3) is 0 Å². The van der Waals surface area contributed by atoms with Gasteiger partial charge in [-0.25, -0.2) is 9.37 Å². The van der Waals surface area contributed by atoms with Gasteiger partial charge in [0.15, 0.2) is 0 Å². The van der Waals surface area contributed by atoms with Gasteiger partial charge in [0.05, 0.1) is 25.5 Å². The minimum absolute atomic E-state index is 0.204. The molecule has 1 fully saturated rings. The zero-order valence-electron chi connectivity index (χ0n) is 15.0. The van der Waals surface area contributed by atoms with E-state index in [-0.39, 0.29) is 18.7 Å². The van der Waals surface area contributed by atoms with Crippen LogP contribution in [0.2, 0.25) is 0 Å². The Bertz CT molecular complexity index is 847. The van der Waals surface area contributed by atoms with Crippen molar-refractivity contribution in [1.29, 1.82) is 0 Å². The maximum Gasteiger partial charge on any atom is 0.255 e. The predicted octanol–water partition coefficient (Wildman–Crippen LogP) is 1.00. The molecule has 1 aromatic heterocycles. The summed E-state index contributed by atoms with van der Waals surface area (Å²) < 4.78 is 24.7. The quantitative estimate of drug-likeness (QED) is 0.810. The largest absolute Gasteiger partial charge is 0.378 e. The lowest BCUT2D eigenvalue weighted by Gasteiger charge is -2.29. The molecular weight excluding hydrogens is 355 g/mol. The fourth-order valence-corrected chi connectivity index (χ4v) is 2.79. The second-order valence-electron chi connectivity index (χ2n) is 6.06. The number of rotatable bonds is 6. The van der Waals surface area contributed by atoms with Gasteiger partial charge in [-0.2, -0.15) is 0 Å². The summed E-state index contributed by atoms with van der Waals surface area (Å²) in [4.78, 5) is 31.4. The molecule has 2 heterocycles. The first-order valence-corrected chi connectivity index (χ1v) is 8.54. The fraction of sp³-hybridized carbons (Fsp3) is 0.389. The van der Waals surface area contributed by atoms with Crippen molar-refractivity contribution in [3.63, 3.8) is 0 Å². The number of methoxy groups -OCH3 is 1. The van der Waals surface area contributed by atoms with Gasteiger partial charge in [-0.15, -0.1) is 0 Å². The van der Waals surface area contributed by atoms with E-state index in [4.69, 9.17) is 9.47 Å². The maximum absolute atomic E-state index is 13.0. The molecule has 1 amide bonds. The highest BCUT2D eigenvalue weighted by Gasteiger charge is 2.20. The first-order chi connectivity index (χ1) is 13.1. The van der Waals surface area contributed by atoms with Crippen LogP contribution in [-0.2, 0) is 27.4 Å². The molecule has 2 aromatic rings. The van der Waals surface area contributed by atoms with Gasteiger partial charge < -0.3 is 19.7 Å². The van der Waals surface area contributed by atoms with E-state index in [0.717, 1.165) is 0 Å². The van der Waals surface area contributed by atoms with E-state index < -0.39 is 11.7 Å². The van der Waals surface area contributed by atoms with Gasteiger partial charge in [0.1, 0.15) is 12.4 Å². The third-order valence-electron chi connectivity index (χ3n) is 4.06. The summed E-state index contributed by atoms with van der Waals surface area (Å²) in [5.74, 6) is -0.386. The first-order valence-electron chi connectivity index (χ1n) is 8.54. The fourth-order valence-electron chi connectivity index (χ4n) is 2.79. The monoisotopic (exact) mass is 376 g/mol. The van der Waals surface area contributed by atoms with Crippen molar-refractivity contribution >= 4 is 17.5 Å². The highest BCUT2D eigenvalue weighted by molar-refractivity contribution is 5.90. The molecule has 1 aliphatic rings. The molecular formula is C18H21FN4O4. The molecule has 0 bridgehead atoms. The zero-order chi connectivity index (χ0) is 19.2. The van der Waals surface area contributed by atoms with Crippen LogP contribution in [0.5, 0.6) is 0 Å². The van der Waals surface area contributed by atoms with Crippen LogP contribution in [0.15, 0.2) is 35.1 Å². The highest BCUT2D eigenvalue weighted by atomic mass is 19.1. The second-order valence-corrected chi connectivity index (χ2v) is 6.06. The number of carbonyl (C=O) groups is 1. The van der Waals surface area contributed by atoms with E-state index >= 15 is 0 Å². The summed E-state index contributed by atoms with van der Waals surface area (Å²) in [7, 11) is 1.53. The molecule has 8 nitrogen and oxygen atoms in total. The van der Waals surface area contributed by atoms with Crippen molar-refractivity contribution in [3.05, 3.63) is 52.2 Å². The van der Waals surface area contributed by atoms with E-state index in [2.05, 4.69) is 10.3 Å². The van der Waals surface area contributed by atoms with Gasteiger partial charge >= 0.3 is 0 Å². The molecule has 0 spiro atoms. The normalized spacial score (nSPS) is 14.2. The average Bonchev–Trinajstić information content (AvgIpc) is 2.66. The molecule has 1 aliphatic heterocycles. The standard InChI is InChI=1S/C18H21FN4O4/c1-26-12-15-10-17(25)23(18(21-15)22-6-8-27-9-7-22)11-16(24)20-14-4-2-13(19)3-5-14/h2-5,10H,6-9,11-12H2,1H3,(H,20,24). The molecule has 9 heteroatoms. The molecule has 27 heavy (non-hydrogen) atoms. The highest BCUT2D eigenvalue weighted by Crippen LogP contribution is 2.14. The van der Waals surface area contributed by atoms with Gasteiger partial charge in [0.2, 0.25) is 11.9 Å². The van der Waals surface area contributed by atoms with Crippen molar-refractivity contribution in [3.8, 4) is 0 Å². The number of halogens is 1. The Morgan fingerprint density at radius 3 is 2.67 bits per heavy atom. The van der Waals surface area contributed by atoms with Crippen LogP contribution >= 0.6 is 0 Å². The maximum atomic E-state index is 13.0. The topological polar surface area (TPSA) is 85.7 Å². The summed E-state index contributed by atoms with van der Waals surface area (Å²) >= 11 is 0. The Morgan fingerprint density at radius 1 is 1.30 bits per heavy atom. The van der Waals surface area contributed by atoms with Crippen LogP contribution < -0.4 is 15.8 Å². The number of morpholine rings is 1. The Labute approximate surface area is 155 Å². The van der Waals surface area contributed by atoms with Crippen molar-refractivity contribution < 1.29 is 18.7 Å². The molecule has 0 atom stereocenters. The molecule has 1 saturated heterocycles. The van der Waals surface area contributed by atoms with E-state index in [1.54, 1.807) is 0 Å². The van der Waals surface area contributed by atoms with E-state index in [0.29, 0.717) is 43.6 Å². The lowest BCUT2D eigenvalue weighted by atomic mass is 10.3. The Kier molecular flexibility index (Phi) is 6.15. The minimum Gasteiger partial charge on any atom is -0.378 e. The van der Waals surface area contributed by atoms with Gasteiger partial charge in [-0.3, -0.25) is 14.2 Å². The SMILES string of the molecule is COCc1cc(=O)n(CC(=O)Nc2ccc(F)cc2)c(N2CCOCC2)n1. The molecule has 0 unspecified atom stereocenters. The van der Waals surface area contributed by atoms with E-state index in [1.807, 2.05) is 4.90 Å². The molecule has 3 rings (SSSR count). The number of amides is 1. The third kappa shape index (κ3) is 4.89. The number of ether oxygens (including phenoxy) is 2. The van der Waals surface area contributed by atoms with Crippen LogP contribution in [0.3, 0.4) is 0 Å². The zero-order valence-corrected chi connectivity index (χ0v) is 15.0. The third-order valence-corrected chi connectivity index (χ3v) is 4.06. The molecule has 0 radical (unpaired) electrons. The van der Waals surface area contributed by atoms with Crippen LogP contribution in [0.1, 0.15) is 5.69 Å². The summed E-state index contributed by atoms with van der Waals surface area (Å²) in [5.41, 5.74) is 0.610. The van der Waals surface area contributed by atoms with Crippen LogP contribution in [0, 0.1) is 5.82 Å². The number of hydrogen-bond acceptors (Lipinski definition) is 6. The number of benzene rings is 1. The number of aromatic nitrogens is 2. The molecule has 0 saturated carbocycles. The summed E-state index contributed by atoms with van der Waals surface area (Å²) in [6.45, 7) is 2.18. The van der Waals surface area contributed by atoms with Gasteiger partial charge in [0.25, 0.3) is 5.56 Å². The number of nitrogens with one attached hydrogen (secondary N) is 1. The van der Waals surface area contributed by atoms with Crippen molar-refractivity contribution in [1.82, 2.24) is 9.55 Å². The lowest BCUT2D eigenvalue weighted by Crippen LogP contribution is -2.42. The predicted molar refractivity (Wildman–Crippen MR) is 97.3 cm³/mol. The van der Waals surface area contributed by atoms with E-state index in [9.17, 15) is 14.0 Å². The van der Waals surface area contributed by atoms with E-state index in [1.165, 1.54) is 42.0 Å².